The van der Waals surface area contributed by atoms with Crippen LogP contribution in [0.1, 0.15) is 23.4 Å². The molecule has 0 bridgehead atoms. The molecular formula is C17H19BrN6O. The van der Waals surface area contributed by atoms with Gasteiger partial charge < -0.3 is 0 Å². The minimum atomic E-state index is -0.138. The fourth-order valence-corrected chi connectivity index (χ4v) is 2.77. The summed E-state index contributed by atoms with van der Waals surface area (Å²) >= 11 is 3.48. The summed E-state index contributed by atoms with van der Waals surface area (Å²) in [6, 6.07) is 9.97. The van der Waals surface area contributed by atoms with Crippen molar-refractivity contribution in [2.45, 2.75) is 33.4 Å². The molecule has 0 aliphatic heterocycles. The van der Waals surface area contributed by atoms with E-state index in [1.54, 1.807) is 11.0 Å². The molecule has 0 aliphatic carbocycles. The molecule has 0 saturated heterocycles. The van der Waals surface area contributed by atoms with Crippen LogP contribution in [0, 0.1) is 13.8 Å². The minimum absolute atomic E-state index is 0.138. The Morgan fingerprint density at radius 3 is 2.64 bits per heavy atom. The highest BCUT2D eigenvalue weighted by Gasteiger charge is 2.11. The number of benzene rings is 1. The number of nitrogens with zero attached hydrogens (tertiary/aromatic N) is 5. The summed E-state index contributed by atoms with van der Waals surface area (Å²) in [5.41, 5.74) is 3.05. The van der Waals surface area contributed by atoms with Gasteiger partial charge in [-0.15, -0.1) is 5.10 Å². The van der Waals surface area contributed by atoms with Crippen LogP contribution in [0.15, 0.2) is 41.1 Å². The van der Waals surface area contributed by atoms with Gasteiger partial charge in [-0.25, -0.2) is 9.67 Å². The summed E-state index contributed by atoms with van der Waals surface area (Å²) in [5.74, 6) is 0.177. The minimum Gasteiger partial charge on any atom is -0.293 e. The normalized spacial score (nSPS) is 10.8. The van der Waals surface area contributed by atoms with Gasteiger partial charge >= 0.3 is 0 Å². The first-order valence-corrected chi connectivity index (χ1v) is 8.75. The summed E-state index contributed by atoms with van der Waals surface area (Å²) in [6.45, 7) is 5.02. The van der Waals surface area contributed by atoms with Crippen molar-refractivity contribution in [3.05, 3.63) is 58.1 Å². The summed E-state index contributed by atoms with van der Waals surface area (Å²) in [6.07, 6.45) is 1.92. The van der Waals surface area contributed by atoms with E-state index in [9.17, 15) is 4.79 Å². The van der Waals surface area contributed by atoms with E-state index in [1.165, 1.54) is 0 Å². The highest BCUT2D eigenvalue weighted by atomic mass is 79.9. The van der Waals surface area contributed by atoms with E-state index < -0.39 is 0 Å². The lowest BCUT2D eigenvalue weighted by Gasteiger charge is -2.04. The number of carbonyl (C=O) groups is 1. The lowest BCUT2D eigenvalue weighted by Crippen LogP contribution is -2.16. The Kier molecular flexibility index (Phi) is 5.28. The molecule has 1 aromatic carbocycles. The molecule has 7 nitrogen and oxygen atoms in total. The van der Waals surface area contributed by atoms with Gasteiger partial charge in [-0.3, -0.25) is 14.8 Å². The van der Waals surface area contributed by atoms with Gasteiger partial charge in [0.2, 0.25) is 11.9 Å². The zero-order chi connectivity index (χ0) is 17.8. The van der Waals surface area contributed by atoms with Crippen molar-refractivity contribution < 1.29 is 4.79 Å². The van der Waals surface area contributed by atoms with Crippen LogP contribution in [-0.4, -0.2) is 30.5 Å². The van der Waals surface area contributed by atoms with Crippen LogP contribution in [0.3, 0.4) is 0 Å². The predicted octanol–water partition coefficient (Wildman–Crippen LogP) is 2.93. The molecule has 25 heavy (non-hydrogen) atoms. The molecule has 3 rings (SSSR count). The van der Waals surface area contributed by atoms with Crippen molar-refractivity contribution in [1.29, 1.82) is 0 Å². The zero-order valence-corrected chi connectivity index (χ0v) is 15.7. The van der Waals surface area contributed by atoms with E-state index in [0.29, 0.717) is 25.5 Å². The van der Waals surface area contributed by atoms with Crippen LogP contribution in [0.2, 0.25) is 0 Å². The van der Waals surface area contributed by atoms with Crippen LogP contribution in [0.4, 0.5) is 5.95 Å². The Bertz CT molecular complexity index is 871. The molecular weight excluding hydrogens is 384 g/mol. The van der Waals surface area contributed by atoms with Crippen molar-refractivity contribution in [2.75, 3.05) is 5.32 Å². The SMILES string of the molecule is Cc1nn(CCC(=O)Nc2ncn(Cc3ccccc3)n2)c(C)c1Br. The Morgan fingerprint density at radius 2 is 1.96 bits per heavy atom. The Morgan fingerprint density at radius 1 is 1.20 bits per heavy atom. The summed E-state index contributed by atoms with van der Waals surface area (Å²) in [7, 11) is 0. The predicted molar refractivity (Wildman–Crippen MR) is 98.2 cm³/mol. The fraction of sp³-hybridized carbons (Fsp3) is 0.294. The largest absolute Gasteiger partial charge is 0.293 e. The fourth-order valence-electron chi connectivity index (χ4n) is 2.49. The van der Waals surface area contributed by atoms with Crippen molar-refractivity contribution in [2.24, 2.45) is 0 Å². The second-order valence-electron chi connectivity index (χ2n) is 5.76. The van der Waals surface area contributed by atoms with E-state index >= 15 is 0 Å². The number of hydrogen-bond acceptors (Lipinski definition) is 4. The molecule has 0 atom stereocenters. The monoisotopic (exact) mass is 402 g/mol. The number of aryl methyl sites for hydroxylation is 2. The van der Waals surface area contributed by atoms with Crippen molar-refractivity contribution >= 4 is 27.8 Å². The van der Waals surface area contributed by atoms with Gasteiger partial charge in [0.05, 0.1) is 23.3 Å². The summed E-state index contributed by atoms with van der Waals surface area (Å²) in [5, 5.41) is 11.4. The zero-order valence-electron chi connectivity index (χ0n) is 14.1. The molecule has 1 amide bonds. The molecule has 2 heterocycles. The van der Waals surface area contributed by atoms with E-state index in [4.69, 9.17) is 0 Å². The second-order valence-corrected chi connectivity index (χ2v) is 6.55. The molecule has 0 fully saturated rings. The van der Waals surface area contributed by atoms with Gasteiger partial charge in [0.1, 0.15) is 6.33 Å². The highest BCUT2D eigenvalue weighted by molar-refractivity contribution is 9.10. The number of nitrogens with one attached hydrogen (secondary N) is 1. The van der Waals surface area contributed by atoms with Crippen LogP contribution < -0.4 is 5.32 Å². The maximum Gasteiger partial charge on any atom is 0.248 e. The van der Waals surface area contributed by atoms with Crippen LogP contribution in [0.25, 0.3) is 0 Å². The first-order chi connectivity index (χ1) is 12.0. The number of halogens is 1. The quantitative estimate of drug-likeness (QED) is 0.687. The molecule has 0 spiro atoms. The first-order valence-electron chi connectivity index (χ1n) is 7.95. The van der Waals surface area contributed by atoms with Gasteiger partial charge in [0, 0.05) is 12.1 Å². The van der Waals surface area contributed by atoms with Gasteiger partial charge in [-0.1, -0.05) is 30.3 Å². The molecule has 0 radical (unpaired) electrons. The Balaban J connectivity index is 1.54. The maximum atomic E-state index is 12.1. The van der Waals surface area contributed by atoms with Crippen molar-refractivity contribution in [3.8, 4) is 0 Å². The molecule has 8 heteroatoms. The number of hydrogen-bond donors (Lipinski definition) is 1. The topological polar surface area (TPSA) is 77.6 Å². The van der Waals surface area contributed by atoms with Gasteiger partial charge in [0.25, 0.3) is 0 Å². The number of carbonyl (C=O) groups excluding carboxylic acids is 1. The third-order valence-corrected chi connectivity index (χ3v) is 4.97. The van der Waals surface area contributed by atoms with E-state index in [1.807, 2.05) is 48.9 Å². The Labute approximate surface area is 154 Å². The highest BCUT2D eigenvalue weighted by Crippen LogP contribution is 2.19. The van der Waals surface area contributed by atoms with E-state index in [-0.39, 0.29) is 5.91 Å². The van der Waals surface area contributed by atoms with E-state index in [2.05, 4.69) is 36.4 Å². The molecule has 0 unspecified atom stereocenters. The van der Waals surface area contributed by atoms with E-state index in [0.717, 1.165) is 21.4 Å². The molecule has 0 aliphatic rings. The molecule has 2 aromatic heterocycles. The third kappa shape index (κ3) is 4.33. The van der Waals surface area contributed by atoms with Crippen LogP contribution in [0.5, 0.6) is 0 Å². The maximum absolute atomic E-state index is 12.1. The molecule has 3 aromatic rings. The summed E-state index contributed by atoms with van der Waals surface area (Å²) < 4.78 is 4.50. The number of rotatable bonds is 6. The standard InChI is InChI=1S/C17H19BrN6O/c1-12-16(18)13(2)24(21-12)9-8-15(25)20-17-19-11-23(22-17)10-14-6-4-3-5-7-14/h3-7,11H,8-10H2,1-2H3,(H,20,22,25). The molecule has 0 saturated carbocycles. The van der Waals surface area contributed by atoms with Crippen molar-refractivity contribution in [3.63, 3.8) is 0 Å². The van der Waals surface area contributed by atoms with Gasteiger partial charge in [0.15, 0.2) is 0 Å². The van der Waals surface area contributed by atoms with Gasteiger partial charge in [-0.2, -0.15) is 5.10 Å². The van der Waals surface area contributed by atoms with Gasteiger partial charge in [-0.05, 0) is 35.3 Å². The lowest BCUT2D eigenvalue weighted by atomic mass is 10.2. The molecule has 130 valence electrons. The Hall–Kier alpha value is -2.48. The molecule has 1 N–H and O–H groups in total. The van der Waals surface area contributed by atoms with Crippen LogP contribution in [-0.2, 0) is 17.9 Å². The first kappa shape index (κ1) is 17.3. The lowest BCUT2D eigenvalue weighted by molar-refractivity contribution is -0.116. The number of aromatic nitrogens is 5. The smallest absolute Gasteiger partial charge is 0.248 e. The van der Waals surface area contributed by atoms with Crippen molar-refractivity contribution in [1.82, 2.24) is 24.5 Å². The summed E-state index contributed by atoms with van der Waals surface area (Å²) in [4.78, 5) is 16.2. The second kappa shape index (κ2) is 7.60. The number of amides is 1. The number of anilines is 1. The average molecular weight is 403 g/mol. The third-order valence-electron chi connectivity index (χ3n) is 3.82. The average Bonchev–Trinajstić information content (AvgIpc) is 3.13. The van der Waals surface area contributed by atoms with Crippen LogP contribution >= 0.6 is 15.9 Å².